The van der Waals surface area contributed by atoms with Gasteiger partial charge in [0.1, 0.15) is 0 Å². The Bertz CT molecular complexity index is 392. The van der Waals surface area contributed by atoms with Gasteiger partial charge in [0.2, 0.25) is 0 Å². The largest absolute Gasteiger partial charge is 0.295 e. The molecule has 0 aliphatic heterocycles. The zero-order valence-electron chi connectivity index (χ0n) is 14.2. The molecule has 2 heteroatoms. The van der Waals surface area contributed by atoms with Gasteiger partial charge in [0.05, 0.1) is 0 Å². The highest BCUT2D eigenvalue weighted by atomic mass is 28.3. The molecule has 0 aromatic rings. The van der Waals surface area contributed by atoms with E-state index in [1.165, 1.54) is 0 Å². The van der Waals surface area contributed by atoms with Crippen LogP contribution in [0.2, 0.25) is 25.7 Å². The van der Waals surface area contributed by atoms with Gasteiger partial charge in [-0.05, 0) is 24.5 Å². The molecular formula is C12H22OSi. The summed E-state index contributed by atoms with van der Waals surface area (Å²) < 4.78 is 37.6. The van der Waals surface area contributed by atoms with Gasteiger partial charge < -0.3 is 0 Å². The van der Waals surface area contributed by atoms with Crippen molar-refractivity contribution in [3.8, 4) is 0 Å². The molecule has 0 spiro atoms. The molecule has 0 amide bonds. The molecule has 1 aliphatic carbocycles. The van der Waals surface area contributed by atoms with E-state index in [4.69, 9.17) is 6.85 Å². The van der Waals surface area contributed by atoms with E-state index in [1.54, 1.807) is 6.08 Å². The molecule has 0 bridgehead atoms. The highest BCUT2D eigenvalue weighted by molar-refractivity contribution is 6.76. The summed E-state index contributed by atoms with van der Waals surface area (Å²) in [5, 5.41) is 0. The Kier molecular flexibility index (Phi) is 1.98. The van der Waals surface area contributed by atoms with Gasteiger partial charge in [-0.15, -0.1) is 0 Å². The molecule has 1 rings (SSSR count). The Morgan fingerprint density at radius 1 is 1.57 bits per heavy atom. The van der Waals surface area contributed by atoms with Crippen molar-refractivity contribution in [2.24, 2.45) is 5.92 Å². The summed E-state index contributed by atoms with van der Waals surface area (Å²) in [5.74, 6) is -0.874. The molecular weight excluding hydrogens is 188 g/mol. The van der Waals surface area contributed by atoms with Crippen molar-refractivity contribution in [2.75, 3.05) is 0 Å². The number of carbonyl (C=O) groups excluding carboxylic acids is 1. The van der Waals surface area contributed by atoms with E-state index in [0.717, 1.165) is 11.6 Å². The van der Waals surface area contributed by atoms with Crippen LogP contribution in [-0.2, 0) is 4.79 Å². The lowest BCUT2D eigenvalue weighted by molar-refractivity contribution is -0.115. The lowest BCUT2D eigenvalue weighted by Gasteiger charge is -2.25. The Morgan fingerprint density at radius 2 is 2.29 bits per heavy atom. The standard InChI is InChI=1S/C12H22OSi/c1-5-10-6-11(8-12(13)7-10)9-14(2,3)4/h8,10H,5-7,9H2,1-4H3/i1D3,5D2. The fourth-order valence-corrected chi connectivity index (χ4v) is 3.49. The zero-order chi connectivity index (χ0) is 15.1. The van der Waals surface area contributed by atoms with E-state index in [0.29, 0.717) is 6.42 Å². The Balaban J connectivity index is 2.93. The van der Waals surface area contributed by atoms with Gasteiger partial charge in [0, 0.05) is 21.3 Å². The minimum absolute atomic E-state index is 0.000584. The van der Waals surface area contributed by atoms with Crippen LogP contribution in [0, 0.1) is 5.92 Å². The van der Waals surface area contributed by atoms with Crippen molar-refractivity contribution >= 4 is 13.9 Å². The highest BCUT2D eigenvalue weighted by Crippen LogP contribution is 2.29. The molecule has 1 aliphatic rings. The van der Waals surface area contributed by atoms with Gasteiger partial charge in [0.25, 0.3) is 0 Å². The Labute approximate surface area is 95.6 Å². The molecule has 80 valence electrons. The van der Waals surface area contributed by atoms with Gasteiger partial charge in [-0.1, -0.05) is 38.4 Å². The number of hydrogen-bond acceptors (Lipinski definition) is 1. The summed E-state index contributed by atoms with van der Waals surface area (Å²) in [6.07, 6.45) is -0.312. The third-order valence-corrected chi connectivity index (χ3v) is 3.80. The molecule has 1 unspecified atom stereocenters. The number of ketones is 1. The molecule has 0 saturated heterocycles. The monoisotopic (exact) mass is 215 g/mol. The predicted octanol–water partition coefficient (Wildman–Crippen LogP) is 3.64. The summed E-state index contributed by atoms with van der Waals surface area (Å²) >= 11 is 0. The summed E-state index contributed by atoms with van der Waals surface area (Å²) in [7, 11) is -1.39. The second-order valence-corrected chi connectivity index (χ2v) is 10.7. The van der Waals surface area contributed by atoms with Crippen LogP contribution in [0.3, 0.4) is 0 Å². The lowest BCUT2D eigenvalue weighted by Crippen LogP contribution is -2.23. The van der Waals surface area contributed by atoms with Crippen LogP contribution >= 0.6 is 0 Å². The fourth-order valence-electron chi connectivity index (χ4n) is 1.88. The van der Waals surface area contributed by atoms with E-state index in [1.807, 2.05) is 0 Å². The van der Waals surface area contributed by atoms with Gasteiger partial charge in [-0.3, -0.25) is 4.79 Å². The molecule has 1 atom stereocenters. The van der Waals surface area contributed by atoms with Crippen molar-refractivity contribution in [1.82, 2.24) is 0 Å². The van der Waals surface area contributed by atoms with Gasteiger partial charge >= 0.3 is 0 Å². The first-order valence-corrected chi connectivity index (χ1v) is 8.76. The lowest BCUT2D eigenvalue weighted by atomic mass is 9.87. The number of hydrogen-bond donors (Lipinski definition) is 0. The topological polar surface area (TPSA) is 17.1 Å². The first kappa shape index (κ1) is 6.26. The maximum absolute atomic E-state index is 11.7. The second-order valence-electron chi connectivity index (χ2n) is 5.26. The van der Waals surface area contributed by atoms with Gasteiger partial charge in [-0.25, -0.2) is 0 Å². The third kappa shape index (κ3) is 3.78. The van der Waals surface area contributed by atoms with Crippen LogP contribution in [0.1, 0.15) is 32.9 Å². The Morgan fingerprint density at radius 3 is 2.86 bits per heavy atom. The molecule has 14 heavy (non-hydrogen) atoms. The summed E-state index contributed by atoms with van der Waals surface area (Å²) in [6, 6.07) is 0.826. The van der Waals surface area contributed by atoms with Gasteiger partial charge in [0.15, 0.2) is 5.78 Å². The first-order chi connectivity index (χ1) is 8.33. The van der Waals surface area contributed by atoms with Crippen LogP contribution < -0.4 is 0 Å². The molecule has 0 aromatic carbocycles. The minimum atomic E-state index is -2.68. The average Bonchev–Trinajstić information content (AvgIpc) is 2.11. The summed E-state index contributed by atoms with van der Waals surface area (Å²) in [4.78, 5) is 11.7. The number of rotatable bonds is 3. The van der Waals surface area contributed by atoms with E-state index >= 15 is 0 Å². The quantitative estimate of drug-likeness (QED) is 0.657. The number of allylic oxidation sites excluding steroid dienone is 2. The van der Waals surface area contributed by atoms with Crippen molar-refractivity contribution in [3.05, 3.63) is 11.6 Å². The van der Waals surface area contributed by atoms with E-state index < -0.39 is 27.2 Å². The summed E-state index contributed by atoms with van der Waals surface area (Å²) in [5.41, 5.74) is 0.925. The van der Waals surface area contributed by atoms with Crippen LogP contribution in [0.4, 0.5) is 0 Å². The van der Waals surface area contributed by atoms with Crippen LogP contribution in [0.25, 0.3) is 0 Å². The van der Waals surface area contributed by atoms with E-state index in [-0.39, 0.29) is 12.2 Å². The van der Waals surface area contributed by atoms with E-state index in [9.17, 15) is 4.79 Å². The van der Waals surface area contributed by atoms with E-state index in [2.05, 4.69) is 19.6 Å². The Hall–Kier alpha value is -0.373. The smallest absolute Gasteiger partial charge is 0.155 e. The van der Waals surface area contributed by atoms with Gasteiger partial charge in [-0.2, -0.15) is 0 Å². The third-order valence-electron chi connectivity index (χ3n) is 2.28. The molecule has 0 fully saturated rings. The SMILES string of the molecule is [2H]C([2H])([2H])C([2H])([2H])C1CC(=O)C=C(C[Si](C)(C)C)C1. The van der Waals surface area contributed by atoms with Crippen molar-refractivity contribution in [1.29, 1.82) is 0 Å². The van der Waals surface area contributed by atoms with Crippen LogP contribution in [-0.4, -0.2) is 13.9 Å². The fraction of sp³-hybridized carbons (Fsp3) is 0.750. The molecule has 0 radical (unpaired) electrons. The highest BCUT2D eigenvalue weighted by Gasteiger charge is 2.23. The normalized spacial score (nSPS) is 30.8. The van der Waals surface area contributed by atoms with Crippen molar-refractivity contribution < 1.29 is 11.6 Å². The number of carbonyl (C=O) groups is 1. The first-order valence-electron chi connectivity index (χ1n) is 7.55. The summed E-state index contributed by atoms with van der Waals surface area (Å²) in [6.45, 7) is 3.86. The zero-order valence-corrected chi connectivity index (χ0v) is 10.2. The van der Waals surface area contributed by atoms with Crippen LogP contribution in [0.5, 0.6) is 0 Å². The van der Waals surface area contributed by atoms with Crippen LogP contribution in [0.15, 0.2) is 11.6 Å². The molecule has 0 heterocycles. The predicted molar refractivity (Wildman–Crippen MR) is 64.3 cm³/mol. The molecule has 0 aromatic heterocycles. The molecule has 1 nitrogen and oxygen atoms in total. The maximum atomic E-state index is 11.7. The average molecular weight is 215 g/mol. The second kappa shape index (κ2) is 4.43. The molecule has 0 N–H and O–H groups in total. The van der Waals surface area contributed by atoms with Crippen molar-refractivity contribution in [2.45, 2.75) is 51.8 Å². The van der Waals surface area contributed by atoms with Crippen molar-refractivity contribution in [3.63, 3.8) is 0 Å². The minimum Gasteiger partial charge on any atom is -0.295 e. The molecule has 0 saturated carbocycles. The maximum Gasteiger partial charge on any atom is 0.155 e.